The Morgan fingerprint density at radius 2 is 2.29 bits per heavy atom. The molecule has 1 heteroatoms. The van der Waals surface area contributed by atoms with Crippen molar-refractivity contribution in [1.29, 1.82) is 0 Å². The average Bonchev–Trinajstić information content (AvgIpc) is 1.68. The molecule has 0 aliphatic carbocycles. The maximum Gasteiger partial charge on any atom is 0.163 e. The third-order valence-corrected chi connectivity index (χ3v) is 0.766. The van der Waals surface area contributed by atoms with Crippen molar-refractivity contribution in [3.05, 3.63) is 12.3 Å². The van der Waals surface area contributed by atoms with Gasteiger partial charge in [0.05, 0.1) is 0 Å². The minimum atomic E-state index is 0.977. The van der Waals surface area contributed by atoms with Gasteiger partial charge in [-0.1, -0.05) is 0 Å². The predicted octanol–water partition coefficient (Wildman–Crippen LogP) is 1.25. The monoisotopic (exact) mass is 98.1 g/mol. The molecular formula is C6H12N+. The lowest BCUT2D eigenvalue weighted by molar-refractivity contribution is -0.443. The van der Waals surface area contributed by atoms with Crippen LogP contribution in [0.25, 0.3) is 0 Å². The summed E-state index contributed by atoms with van der Waals surface area (Å²) in [6.07, 6.45) is 3.91. The smallest absolute Gasteiger partial charge is 0.163 e. The van der Waals surface area contributed by atoms with Crippen LogP contribution in [0.4, 0.5) is 0 Å². The Labute approximate surface area is 45.0 Å². The topological polar surface area (TPSA) is 3.01 Å². The molecule has 0 amide bonds. The first-order valence-electron chi connectivity index (χ1n) is 2.51. The first kappa shape index (κ1) is 6.41. The lowest BCUT2D eigenvalue weighted by atomic mass is 10.6. The third-order valence-electron chi connectivity index (χ3n) is 0.766. The molecule has 0 N–H and O–H groups in total. The van der Waals surface area contributed by atoms with Crippen LogP contribution in [0.3, 0.4) is 0 Å². The highest BCUT2D eigenvalue weighted by Gasteiger charge is 1.80. The van der Waals surface area contributed by atoms with Gasteiger partial charge in [-0.15, -0.1) is 0 Å². The molecule has 0 fully saturated rings. The largest absolute Gasteiger partial charge is 0.212 e. The second-order valence-electron chi connectivity index (χ2n) is 1.39. The second kappa shape index (κ2) is 3.59. The van der Waals surface area contributed by atoms with Crippen LogP contribution < -0.4 is 0 Å². The summed E-state index contributed by atoms with van der Waals surface area (Å²) in [4.78, 5) is 0. The van der Waals surface area contributed by atoms with Crippen molar-refractivity contribution in [3.8, 4) is 0 Å². The molecule has 0 heterocycles. The summed E-state index contributed by atoms with van der Waals surface area (Å²) in [5.74, 6) is 0. The van der Waals surface area contributed by atoms with Gasteiger partial charge in [-0.25, -0.2) is 4.58 Å². The molecule has 40 valence electrons. The van der Waals surface area contributed by atoms with Gasteiger partial charge in [0.1, 0.15) is 13.3 Å². The van der Waals surface area contributed by atoms with Gasteiger partial charge < -0.3 is 0 Å². The number of hydrogen-bond donors (Lipinski definition) is 0. The van der Waals surface area contributed by atoms with E-state index >= 15 is 0 Å². The van der Waals surface area contributed by atoms with Crippen LogP contribution in [0.5, 0.6) is 0 Å². The Bertz CT molecular complexity index is 82.2. The van der Waals surface area contributed by atoms with E-state index in [0.717, 1.165) is 6.54 Å². The van der Waals surface area contributed by atoms with E-state index in [0.29, 0.717) is 0 Å². The summed E-state index contributed by atoms with van der Waals surface area (Å²) in [5, 5.41) is 0. The lowest BCUT2D eigenvalue weighted by Crippen LogP contribution is -1.96. The average molecular weight is 98.2 g/mol. The van der Waals surface area contributed by atoms with Crippen LogP contribution in [0.15, 0.2) is 12.3 Å². The van der Waals surface area contributed by atoms with Gasteiger partial charge in [0.25, 0.3) is 0 Å². The highest BCUT2D eigenvalue weighted by molar-refractivity contribution is 5.15. The number of nitrogens with zero attached hydrogens (tertiary/aromatic N) is 1. The molecule has 0 aromatic carbocycles. The Morgan fingerprint density at radius 1 is 1.71 bits per heavy atom. The standard InChI is InChI=1S/C6H12N/c1-4-6-7(3)5-2/h4,6H,3,5H2,1-2H3/q+1. The highest BCUT2D eigenvalue weighted by atomic mass is 14.9. The SMILES string of the molecule is C=[N+](C=CC)CC. The van der Waals surface area contributed by atoms with E-state index in [9.17, 15) is 0 Å². The van der Waals surface area contributed by atoms with E-state index in [1.807, 2.05) is 23.8 Å². The molecule has 0 atom stereocenters. The summed E-state index contributed by atoms with van der Waals surface area (Å²) in [7, 11) is 0. The molecule has 7 heavy (non-hydrogen) atoms. The minimum absolute atomic E-state index is 0.977. The minimum Gasteiger partial charge on any atom is -0.212 e. The van der Waals surface area contributed by atoms with Crippen molar-refractivity contribution in [3.63, 3.8) is 0 Å². The second-order valence-corrected chi connectivity index (χ2v) is 1.39. The summed E-state index contributed by atoms with van der Waals surface area (Å²) >= 11 is 0. The van der Waals surface area contributed by atoms with Gasteiger partial charge in [-0.2, -0.15) is 0 Å². The zero-order chi connectivity index (χ0) is 5.70. The van der Waals surface area contributed by atoms with E-state index in [2.05, 4.69) is 13.6 Å². The molecule has 0 aliphatic heterocycles. The fourth-order valence-electron chi connectivity index (χ4n) is 0.316. The normalized spacial score (nSPS) is 10.0. The van der Waals surface area contributed by atoms with Crippen molar-refractivity contribution >= 4 is 6.72 Å². The lowest BCUT2D eigenvalue weighted by Gasteiger charge is -1.81. The molecule has 0 spiro atoms. The van der Waals surface area contributed by atoms with Crippen LogP contribution in [-0.4, -0.2) is 17.8 Å². The molecule has 0 saturated heterocycles. The molecule has 0 aromatic heterocycles. The van der Waals surface area contributed by atoms with E-state index in [1.165, 1.54) is 0 Å². The molecular weight excluding hydrogens is 86.1 g/mol. The van der Waals surface area contributed by atoms with Crippen LogP contribution in [0, 0.1) is 0 Å². The fraction of sp³-hybridized carbons (Fsp3) is 0.500. The number of hydrogen-bond acceptors (Lipinski definition) is 0. The molecule has 0 unspecified atom stereocenters. The Hall–Kier alpha value is -0.590. The van der Waals surface area contributed by atoms with Crippen molar-refractivity contribution in [2.24, 2.45) is 0 Å². The fourth-order valence-corrected chi connectivity index (χ4v) is 0.316. The molecule has 1 nitrogen and oxygen atoms in total. The summed E-state index contributed by atoms with van der Waals surface area (Å²) < 4.78 is 1.88. The molecule has 0 rings (SSSR count). The van der Waals surface area contributed by atoms with Crippen LogP contribution in [0.1, 0.15) is 13.8 Å². The zero-order valence-corrected chi connectivity index (χ0v) is 5.02. The quantitative estimate of drug-likeness (QED) is 0.361. The number of allylic oxidation sites excluding steroid dienone is 1. The summed E-state index contributed by atoms with van der Waals surface area (Å²) in [6.45, 7) is 8.71. The van der Waals surface area contributed by atoms with E-state index < -0.39 is 0 Å². The molecule has 0 aliphatic rings. The Balaban J connectivity index is 3.37. The van der Waals surface area contributed by atoms with E-state index in [1.54, 1.807) is 0 Å². The molecule has 0 radical (unpaired) electrons. The van der Waals surface area contributed by atoms with Gasteiger partial charge in [0.15, 0.2) is 6.20 Å². The summed E-state index contributed by atoms with van der Waals surface area (Å²) in [5.41, 5.74) is 0. The van der Waals surface area contributed by atoms with Gasteiger partial charge in [-0.3, -0.25) is 0 Å². The van der Waals surface area contributed by atoms with Gasteiger partial charge in [0.2, 0.25) is 0 Å². The Morgan fingerprint density at radius 3 is 2.43 bits per heavy atom. The molecule has 0 bridgehead atoms. The Kier molecular flexibility index (Phi) is 3.29. The zero-order valence-electron chi connectivity index (χ0n) is 5.02. The summed E-state index contributed by atoms with van der Waals surface area (Å²) in [6, 6.07) is 0. The maximum atomic E-state index is 3.69. The van der Waals surface area contributed by atoms with Gasteiger partial charge in [-0.05, 0) is 19.9 Å². The molecule has 0 saturated carbocycles. The van der Waals surface area contributed by atoms with Gasteiger partial charge in [0, 0.05) is 0 Å². The van der Waals surface area contributed by atoms with E-state index in [-0.39, 0.29) is 0 Å². The van der Waals surface area contributed by atoms with Gasteiger partial charge >= 0.3 is 0 Å². The third kappa shape index (κ3) is 3.23. The maximum absolute atomic E-state index is 3.69. The first-order chi connectivity index (χ1) is 3.31. The molecule has 0 aromatic rings. The number of rotatable bonds is 2. The van der Waals surface area contributed by atoms with Crippen molar-refractivity contribution in [2.75, 3.05) is 6.54 Å². The van der Waals surface area contributed by atoms with Crippen LogP contribution >= 0.6 is 0 Å². The van der Waals surface area contributed by atoms with Crippen molar-refractivity contribution in [2.45, 2.75) is 13.8 Å². The highest BCUT2D eigenvalue weighted by Crippen LogP contribution is 1.71. The van der Waals surface area contributed by atoms with Crippen molar-refractivity contribution in [1.82, 2.24) is 0 Å². The van der Waals surface area contributed by atoms with Crippen molar-refractivity contribution < 1.29 is 4.58 Å². The van der Waals surface area contributed by atoms with E-state index in [4.69, 9.17) is 0 Å². The predicted molar refractivity (Wildman–Crippen MR) is 32.7 cm³/mol. The first-order valence-corrected chi connectivity index (χ1v) is 2.51. The van der Waals surface area contributed by atoms with Crippen LogP contribution in [-0.2, 0) is 0 Å². The van der Waals surface area contributed by atoms with Crippen LogP contribution in [0.2, 0.25) is 0 Å².